The Kier molecular flexibility index (Phi) is 4.08. The Morgan fingerprint density at radius 3 is 2.68 bits per heavy atom. The van der Waals surface area contributed by atoms with E-state index in [-0.39, 0.29) is 25.1 Å². The highest BCUT2D eigenvalue weighted by molar-refractivity contribution is 5.87. The summed E-state index contributed by atoms with van der Waals surface area (Å²) in [6, 6.07) is 7.88. The quantitative estimate of drug-likeness (QED) is 0.308. The predicted octanol–water partition coefficient (Wildman–Crippen LogP) is -2.38. The number of hydrogen-bond donors (Lipinski definition) is 6. The zero-order valence-corrected chi connectivity index (χ0v) is 15.0. The van der Waals surface area contributed by atoms with E-state index in [1.165, 1.54) is 0 Å². The molecule has 3 aliphatic rings. The van der Waals surface area contributed by atoms with Gasteiger partial charge in [-0.2, -0.15) is 0 Å². The van der Waals surface area contributed by atoms with Crippen LogP contribution in [0.1, 0.15) is 5.56 Å². The van der Waals surface area contributed by atoms with Crippen LogP contribution in [-0.2, 0) is 11.2 Å². The van der Waals surface area contributed by atoms with Crippen molar-refractivity contribution in [1.29, 1.82) is 0 Å². The third-order valence-electron chi connectivity index (χ3n) is 5.64. The summed E-state index contributed by atoms with van der Waals surface area (Å²) >= 11 is 0. The molecule has 1 aromatic carbocycles. The maximum atomic E-state index is 11.3. The molecule has 1 fully saturated rings. The van der Waals surface area contributed by atoms with E-state index < -0.39 is 35.5 Å². The van der Waals surface area contributed by atoms with E-state index in [4.69, 9.17) is 21.9 Å². The molecule has 3 aliphatic heterocycles. The Morgan fingerprint density at radius 1 is 1.29 bits per heavy atom. The summed E-state index contributed by atoms with van der Waals surface area (Å²) in [5.74, 6) is -2.74. The monoisotopic (exact) mass is 389 g/mol. The van der Waals surface area contributed by atoms with Gasteiger partial charge in [0.25, 0.3) is 0 Å². The number of carbonyl (C=O) groups is 1. The number of carbonyl (C=O) groups excluding carboxylic acids is 1. The zero-order valence-electron chi connectivity index (χ0n) is 15.0. The number of rotatable bonds is 4. The molecule has 1 unspecified atom stereocenters. The number of amides is 1. The van der Waals surface area contributed by atoms with Gasteiger partial charge in [0.1, 0.15) is 18.7 Å². The molecule has 1 saturated heterocycles. The van der Waals surface area contributed by atoms with Crippen molar-refractivity contribution in [1.82, 2.24) is 10.2 Å². The van der Waals surface area contributed by atoms with Crippen molar-refractivity contribution in [3.63, 3.8) is 0 Å². The number of aliphatic imine (C=N–C) groups is 2. The minimum absolute atomic E-state index is 0.0248. The summed E-state index contributed by atoms with van der Waals surface area (Å²) in [6.07, 6.45) is -0.573. The fraction of sp³-hybridized carbons (Fsp3) is 0.471. The van der Waals surface area contributed by atoms with E-state index in [1.54, 1.807) is 4.90 Å². The van der Waals surface area contributed by atoms with Crippen LogP contribution in [0.15, 0.2) is 40.3 Å². The van der Waals surface area contributed by atoms with Crippen molar-refractivity contribution in [2.45, 2.75) is 30.0 Å². The number of guanidine groups is 2. The Hall–Kier alpha value is -3.05. The van der Waals surface area contributed by atoms with Crippen LogP contribution in [0, 0.1) is 5.92 Å². The Bertz CT molecular complexity index is 843. The van der Waals surface area contributed by atoms with E-state index in [0.29, 0.717) is 6.42 Å². The van der Waals surface area contributed by atoms with Gasteiger partial charge in [-0.05, 0) is 12.0 Å². The molecule has 1 aromatic rings. The predicted molar refractivity (Wildman–Crippen MR) is 99.7 cm³/mol. The molecule has 4 atom stereocenters. The highest BCUT2D eigenvalue weighted by atomic mass is 16.5. The van der Waals surface area contributed by atoms with Gasteiger partial charge < -0.3 is 42.4 Å². The van der Waals surface area contributed by atoms with E-state index in [9.17, 15) is 15.0 Å². The van der Waals surface area contributed by atoms with Crippen LogP contribution in [0.2, 0.25) is 0 Å². The lowest BCUT2D eigenvalue weighted by atomic mass is 9.81. The summed E-state index contributed by atoms with van der Waals surface area (Å²) in [5.41, 5.74) is 16.5. The second-order valence-corrected chi connectivity index (χ2v) is 7.26. The number of hydrogen-bond acceptors (Lipinski definition) is 10. The van der Waals surface area contributed by atoms with Crippen LogP contribution >= 0.6 is 0 Å². The van der Waals surface area contributed by atoms with Crippen LogP contribution in [-0.4, -0.2) is 69.8 Å². The first-order chi connectivity index (χ1) is 13.3. The van der Waals surface area contributed by atoms with Gasteiger partial charge in [0.2, 0.25) is 5.79 Å². The molecule has 0 aliphatic carbocycles. The van der Waals surface area contributed by atoms with Gasteiger partial charge in [0.05, 0.1) is 0 Å². The molecule has 0 saturated carbocycles. The van der Waals surface area contributed by atoms with E-state index >= 15 is 0 Å². The lowest BCUT2D eigenvalue weighted by Crippen LogP contribution is -2.77. The molecule has 0 aromatic heterocycles. The number of benzene rings is 1. The van der Waals surface area contributed by atoms with Gasteiger partial charge in [0, 0.05) is 12.5 Å². The van der Waals surface area contributed by atoms with Gasteiger partial charge in [-0.25, -0.2) is 14.8 Å². The van der Waals surface area contributed by atoms with Crippen molar-refractivity contribution in [2.24, 2.45) is 33.1 Å². The molecular formula is C17H23N7O4. The topological polar surface area (TPSA) is 185 Å². The Balaban J connectivity index is 1.70. The van der Waals surface area contributed by atoms with Crippen LogP contribution in [0.4, 0.5) is 4.79 Å². The van der Waals surface area contributed by atoms with Gasteiger partial charge in [-0.1, -0.05) is 30.3 Å². The number of nitrogens with two attached hydrogens (primary N) is 3. The second-order valence-electron chi connectivity index (χ2n) is 7.26. The number of aliphatic hydroxyl groups is 2. The van der Waals surface area contributed by atoms with Crippen molar-refractivity contribution in [3.05, 3.63) is 35.9 Å². The van der Waals surface area contributed by atoms with Crippen molar-refractivity contribution >= 4 is 18.0 Å². The smallest absolute Gasteiger partial charge is 0.404 e. The minimum atomic E-state index is -2.25. The van der Waals surface area contributed by atoms with E-state index in [0.717, 1.165) is 5.56 Å². The highest BCUT2D eigenvalue weighted by Gasteiger charge is 2.72. The van der Waals surface area contributed by atoms with Crippen LogP contribution in [0.25, 0.3) is 0 Å². The fourth-order valence-electron chi connectivity index (χ4n) is 4.43. The SMILES string of the molecule is NC(=O)OC[C@@H]1N=C(N)N2CC(Cc3ccccc3)C(O)(O)[C@@]23NC(N)=N[C@@H]13. The van der Waals surface area contributed by atoms with Gasteiger partial charge >= 0.3 is 6.09 Å². The number of nitrogens with zero attached hydrogens (tertiary/aromatic N) is 3. The molecule has 28 heavy (non-hydrogen) atoms. The van der Waals surface area contributed by atoms with Crippen LogP contribution in [0.5, 0.6) is 0 Å². The normalized spacial score (nSPS) is 32.6. The maximum absolute atomic E-state index is 11.3. The van der Waals surface area contributed by atoms with Gasteiger partial charge in [-0.3, -0.25) is 0 Å². The number of nitrogens with one attached hydrogen (secondary N) is 1. The Morgan fingerprint density at radius 2 is 2.00 bits per heavy atom. The first kappa shape index (κ1) is 18.3. The average molecular weight is 389 g/mol. The maximum Gasteiger partial charge on any atom is 0.404 e. The molecule has 11 nitrogen and oxygen atoms in total. The van der Waals surface area contributed by atoms with Crippen molar-refractivity contribution in [2.75, 3.05) is 13.2 Å². The minimum Gasteiger partial charge on any atom is -0.447 e. The molecule has 1 spiro atoms. The molecule has 9 N–H and O–H groups in total. The largest absolute Gasteiger partial charge is 0.447 e. The summed E-state index contributed by atoms with van der Waals surface area (Å²) in [6.45, 7) is 0.0150. The van der Waals surface area contributed by atoms with Crippen LogP contribution in [0.3, 0.4) is 0 Å². The standard InChI is InChI=1S/C17H23N7O4/c18-13-22-12-11(8-28-15(20)25)21-14(19)24-7-10(6-9-4-2-1-3-5-9)17(26,27)16(12,24)23-13/h1-5,10-12,26-27H,6-8H2,(H2,19,21)(H2,20,25)(H3,18,22,23)/t10?,11-,12-,16-/m0/s1. The Labute approximate surface area is 160 Å². The first-order valence-electron chi connectivity index (χ1n) is 8.89. The molecule has 3 heterocycles. The summed E-state index contributed by atoms with van der Waals surface area (Å²) in [5, 5.41) is 25.5. The second kappa shape index (κ2) is 6.24. The third kappa shape index (κ3) is 2.54. The van der Waals surface area contributed by atoms with Gasteiger partial charge in [-0.15, -0.1) is 0 Å². The summed E-state index contributed by atoms with van der Waals surface area (Å²) < 4.78 is 4.87. The molecule has 1 amide bonds. The molecule has 0 bridgehead atoms. The van der Waals surface area contributed by atoms with E-state index in [2.05, 4.69) is 15.3 Å². The molecule has 11 heteroatoms. The number of primary amides is 1. The lowest BCUT2D eigenvalue weighted by Gasteiger charge is -2.49. The fourth-order valence-corrected chi connectivity index (χ4v) is 4.43. The highest BCUT2D eigenvalue weighted by Crippen LogP contribution is 2.48. The molecule has 150 valence electrons. The van der Waals surface area contributed by atoms with E-state index in [1.807, 2.05) is 30.3 Å². The van der Waals surface area contributed by atoms with Crippen molar-refractivity contribution in [3.8, 4) is 0 Å². The third-order valence-corrected chi connectivity index (χ3v) is 5.64. The lowest BCUT2D eigenvalue weighted by molar-refractivity contribution is -0.243. The summed E-state index contributed by atoms with van der Waals surface area (Å²) in [4.78, 5) is 21.2. The van der Waals surface area contributed by atoms with Crippen molar-refractivity contribution < 1.29 is 19.7 Å². The van der Waals surface area contributed by atoms with Gasteiger partial charge in [0.15, 0.2) is 17.6 Å². The number of ether oxygens (including phenoxy) is 1. The molecule has 0 radical (unpaired) electrons. The molecular weight excluding hydrogens is 366 g/mol. The zero-order chi connectivity index (χ0) is 20.1. The summed E-state index contributed by atoms with van der Waals surface area (Å²) in [7, 11) is 0. The first-order valence-corrected chi connectivity index (χ1v) is 8.89. The van der Waals surface area contributed by atoms with Crippen LogP contribution < -0.4 is 22.5 Å². The average Bonchev–Trinajstić information content (AvgIpc) is 3.10. The molecule has 4 rings (SSSR count).